The second-order valence-corrected chi connectivity index (χ2v) is 18.3. The lowest BCUT2D eigenvalue weighted by molar-refractivity contribution is -0.145. The number of carbonyl (C=O) groups is 5. The van der Waals surface area contributed by atoms with Crippen molar-refractivity contribution in [2.24, 2.45) is 28.1 Å². The summed E-state index contributed by atoms with van der Waals surface area (Å²) >= 11 is 0. The molecule has 1 saturated heterocycles. The maximum absolute atomic E-state index is 14.4. The molecule has 1 aromatic rings. The zero-order valence-corrected chi connectivity index (χ0v) is 32.6. The van der Waals surface area contributed by atoms with Gasteiger partial charge in [-0.25, -0.2) is 18.2 Å². The molecule has 5 amide bonds. The number of Topliss-reactive ketones (excluding diaryl/α,β-unsaturated/α-hetero) is 1. The molecule has 1 unspecified atom stereocenters. The second-order valence-electron chi connectivity index (χ2n) is 16.3. The number of ketones is 1. The number of sulfonamides is 1. The Bertz CT molecular complexity index is 1680. The number of piperidine rings is 1. The Morgan fingerprint density at radius 3 is 2.29 bits per heavy atom. The van der Waals surface area contributed by atoms with Crippen LogP contribution in [0.4, 0.5) is 4.79 Å². The molecule has 2 aliphatic rings. The van der Waals surface area contributed by atoms with Gasteiger partial charge in [0.25, 0.3) is 15.9 Å². The van der Waals surface area contributed by atoms with E-state index in [4.69, 9.17) is 6.42 Å². The van der Waals surface area contributed by atoms with Gasteiger partial charge in [-0.1, -0.05) is 67.5 Å². The summed E-state index contributed by atoms with van der Waals surface area (Å²) in [5.41, 5.74) is -1.68. The summed E-state index contributed by atoms with van der Waals surface area (Å²) < 4.78 is 27.6. The number of likely N-dealkylation sites (N-methyl/N-ethyl adjacent to an activating group) is 1. The third kappa shape index (κ3) is 9.57. The molecule has 0 radical (unpaired) electrons. The molecule has 0 aromatic carbocycles. The van der Waals surface area contributed by atoms with E-state index in [-0.39, 0.29) is 54.8 Å². The molecular formula is C37H55N7O7S. The van der Waals surface area contributed by atoms with Crippen LogP contribution in [0.2, 0.25) is 0 Å². The first-order valence-electron chi connectivity index (χ1n) is 17.4. The van der Waals surface area contributed by atoms with Crippen LogP contribution in [0, 0.1) is 40.4 Å². The molecule has 1 aliphatic carbocycles. The van der Waals surface area contributed by atoms with Crippen LogP contribution in [0.5, 0.6) is 0 Å². The minimum atomic E-state index is -3.96. The van der Waals surface area contributed by atoms with Gasteiger partial charge >= 0.3 is 6.03 Å². The first-order chi connectivity index (χ1) is 24.0. The van der Waals surface area contributed by atoms with Gasteiger partial charge in [-0.05, 0) is 46.6 Å². The minimum Gasteiger partial charge on any atom is -0.346 e. The van der Waals surface area contributed by atoms with Crippen LogP contribution in [0.1, 0.15) is 68.2 Å². The van der Waals surface area contributed by atoms with Gasteiger partial charge < -0.3 is 26.2 Å². The van der Waals surface area contributed by atoms with Crippen LogP contribution in [-0.4, -0.2) is 103 Å². The number of hydrogen-bond acceptors (Lipinski definition) is 8. The monoisotopic (exact) mass is 741 g/mol. The zero-order valence-electron chi connectivity index (χ0n) is 31.8. The Hall–Kier alpha value is -4.29. The van der Waals surface area contributed by atoms with E-state index in [0.29, 0.717) is 0 Å². The van der Waals surface area contributed by atoms with Crippen LogP contribution >= 0.6 is 0 Å². The zero-order chi connectivity index (χ0) is 39.4. The van der Waals surface area contributed by atoms with Crippen molar-refractivity contribution in [2.45, 2.75) is 97.4 Å². The molecule has 3 rings (SSSR count). The molecule has 6 atom stereocenters. The molecule has 0 bridgehead atoms. The van der Waals surface area contributed by atoms with E-state index < -0.39 is 74.6 Å². The first kappa shape index (κ1) is 42.1. The van der Waals surface area contributed by atoms with E-state index in [0.717, 1.165) is 4.31 Å². The number of terminal acetylenes is 1. The molecule has 15 heteroatoms. The van der Waals surface area contributed by atoms with Gasteiger partial charge in [-0.15, -0.1) is 18.9 Å². The number of aromatic nitrogens is 1. The molecule has 0 spiro atoms. The van der Waals surface area contributed by atoms with Gasteiger partial charge in [0.05, 0.1) is 6.04 Å². The summed E-state index contributed by atoms with van der Waals surface area (Å²) in [4.78, 5) is 73.1. The highest BCUT2D eigenvalue weighted by atomic mass is 32.2. The minimum absolute atomic E-state index is 0.000688. The summed E-state index contributed by atoms with van der Waals surface area (Å²) in [5.74, 6) is -0.590. The molecule has 286 valence electrons. The Balaban J connectivity index is 1.84. The lowest BCUT2D eigenvalue weighted by Crippen LogP contribution is -2.62. The van der Waals surface area contributed by atoms with Crippen molar-refractivity contribution >= 4 is 39.6 Å². The Kier molecular flexibility index (Phi) is 13.1. The SMILES string of the molecule is C#CCCC(NC(=O)[C@@H]1[C@@H]2[C@H](CN1C(=O)[C@@H](NC(=O)N[C@H](CN(C)S(=O)(=O)c1ccccn1)C(C)(C)C)C(C)(C)C)C2(C)C)C(=O)C(=O)NCC=C. The second kappa shape index (κ2) is 16.2. The highest BCUT2D eigenvalue weighted by Crippen LogP contribution is 2.65. The van der Waals surface area contributed by atoms with Gasteiger partial charge in [-0.3, -0.25) is 19.2 Å². The van der Waals surface area contributed by atoms with Crippen LogP contribution in [-0.2, 0) is 29.2 Å². The van der Waals surface area contributed by atoms with E-state index in [9.17, 15) is 32.4 Å². The fraction of sp³-hybridized carbons (Fsp3) is 0.622. The van der Waals surface area contributed by atoms with E-state index in [2.05, 4.69) is 38.8 Å². The van der Waals surface area contributed by atoms with Gasteiger partial charge in [0, 0.05) is 45.3 Å². The Labute approximate surface area is 308 Å². The molecule has 14 nitrogen and oxygen atoms in total. The van der Waals surface area contributed by atoms with Crippen molar-refractivity contribution in [3.05, 3.63) is 37.1 Å². The van der Waals surface area contributed by atoms with Crippen LogP contribution < -0.4 is 21.3 Å². The molecule has 1 aromatic heterocycles. The quantitative estimate of drug-likeness (QED) is 0.120. The number of fused-ring (bicyclic) bond motifs is 1. The molecule has 2 fully saturated rings. The average molecular weight is 742 g/mol. The standard InChI is InChI=1S/C37H55N7O7S/c1-12-14-17-24(29(45)32(47)39-19-13-2)40-31(46)28-27-23(37(27,9)10)21-44(28)33(48)30(36(6,7)8)42-34(49)41-25(35(3,4)5)22-43(11)52(50,51)26-18-15-16-20-38-26/h1,13,15-16,18,20,23-25,27-28,30H,2,14,17,19,21-22H2,3-11H3,(H,39,47)(H,40,46)(H2,41,42,49)/t23-,24?,25+,27-,28-,30+/m0/s1. The number of carbonyl (C=O) groups excluding carboxylic acids is 5. The number of nitrogens with one attached hydrogen (secondary N) is 4. The topological polar surface area (TPSA) is 187 Å². The molecule has 4 N–H and O–H groups in total. The Morgan fingerprint density at radius 2 is 1.75 bits per heavy atom. The van der Waals surface area contributed by atoms with Crippen molar-refractivity contribution < 1.29 is 32.4 Å². The smallest absolute Gasteiger partial charge is 0.315 e. The van der Waals surface area contributed by atoms with Crippen molar-refractivity contribution in [1.82, 2.24) is 35.5 Å². The number of likely N-dealkylation sites (tertiary alicyclic amines) is 1. The number of nitrogens with zero attached hydrogens (tertiary/aromatic N) is 3. The van der Waals surface area contributed by atoms with Crippen molar-refractivity contribution in [3.63, 3.8) is 0 Å². The predicted molar refractivity (Wildman–Crippen MR) is 197 cm³/mol. The molecule has 1 aliphatic heterocycles. The van der Waals surface area contributed by atoms with E-state index in [1.807, 2.05) is 34.6 Å². The predicted octanol–water partition coefficient (Wildman–Crippen LogP) is 2.08. The van der Waals surface area contributed by atoms with Crippen LogP contribution in [0.3, 0.4) is 0 Å². The first-order valence-corrected chi connectivity index (χ1v) is 18.9. The molecule has 52 heavy (non-hydrogen) atoms. The number of amides is 5. The third-order valence-electron chi connectivity index (χ3n) is 10.1. The summed E-state index contributed by atoms with van der Waals surface area (Å²) in [6, 6.07) is -0.0605. The molecule has 2 heterocycles. The van der Waals surface area contributed by atoms with E-state index in [1.54, 1.807) is 32.9 Å². The maximum atomic E-state index is 14.4. The number of pyridine rings is 1. The van der Waals surface area contributed by atoms with Crippen molar-refractivity contribution in [2.75, 3.05) is 26.7 Å². The largest absolute Gasteiger partial charge is 0.346 e. The van der Waals surface area contributed by atoms with Gasteiger partial charge in [0.15, 0.2) is 5.03 Å². The van der Waals surface area contributed by atoms with Crippen LogP contribution in [0.25, 0.3) is 0 Å². The van der Waals surface area contributed by atoms with Crippen molar-refractivity contribution in [1.29, 1.82) is 0 Å². The number of rotatable bonds is 15. The van der Waals surface area contributed by atoms with Gasteiger partial charge in [0.1, 0.15) is 12.1 Å². The van der Waals surface area contributed by atoms with E-state index >= 15 is 0 Å². The fourth-order valence-corrected chi connectivity index (χ4v) is 7.78. The molecule has 1 saturated carbocycles. The average Bonchev–Trinajstić information content (AvgIpc) is 3.37. The lowest BCUT2D eigenvalue weighted by Gasteiger charge is -2.39. The molecular weight excluding hydrogens is 687 g/mol. The van der Waals surface area contributed by atoms with Crippen LogP contribution in [0.15, 0.2) is 42.1 Å². The summed E-state index contributed by atoms with van der Waals surface area (Å²) in [6.07, 6.45) is 8.40. The number of hydrogen-bond donors (Lipinski definition) is 4. The fourth-order valence-electron chi connectivity index (χ4n) is 6.67. The maximum Gasteiger partial charge on any atom is 0.315 e. The van der Waals surface area contributed by atoms with E-state index in [1.165, 1.54) is 30.3 Å². The van der Waals surface area contributed by atoms with Gasteiger partial charge in [0.2, 0.25) is 17.6 Å². The van der Waals surface area contributed by atoms with Crippen molar-refractivity contribution in [3.8, 4) is 12.3 Å². The lowest BCUT2D eigenvalue weighted by atomic mass is 9.85. The van der Waals surface area contributed by atoms with Gasteiger partial charge in [-0.2, -0.15) is 4.31 Å². The summed E-state index contributed by atoms with van der Waals surface area (Å²) in [6.45, 7) is 18.7. The summed E-state index contributed by atoms with van der Waals surface area (Å²) in [7, 11) is -2.55. The number of urea groups is 1. The Morgan fingerprint density at radius 1 is 1.10 bits per heavy atom. The normalized spacial score (nSPS) is 21.1. The highest BCUT2D eigenvalue weighted by molar-refractivity contribution is 7.89. The third-order valence-corrected chi connectivity index (χ3v) is 11.8. The highest BCUT2D eigenvalue weighted by Gasteiger charge is 2.70. The summed E-state index contributed by atoms with van der Waals surface area (Å²) in [5, 5.41) is 10.7.